The van der Waals surface area contributed by atoms with Crippen LogP contribution in [0.5, 0.6) is 0 Å². The van der Waals surface area contributed by atoms with Gasteiger partial charge in [0.25, 0.3) is 0 Å². The monoisotopic (exact) mass is 351 g/mol. The molecule has 1 aliphatic carbocycles. The van der Waals surface area contributed by atoms with Crippen LogP contribution in [0.25, 0.3) is 0 Å². The molecular formula is C22H29N3O. The number of rotatable bonds is 8. The fraction of sp³-hybridized carbons (Fsp3) is 0.455. The fourth-order valence-corrected chi connectivity index (χ4v) is 3.58. The maximum absolute atomic E-state index is 12.8. The predicted molar refractivity (Wildman–Crippen MR) is 105 cm³/mol. The Bertz CT molecular complexity index is 668. The molecule has 0 spiro atoms. The first kappa shape index (κ1) is 18.6. The number of nitrogens with zero attached hydrogens (tertiary/aromatic N) is 2. The molecule has 0 bridgehead atoms. The summed E-state index contributed by atoms with van der Waals surface area (Å²) >= 11 is 0. The van der Waals surface area contributed by atoms with Crippen molar-refractivity contribution in [3.63, 3.8) is 0 Å². The highest BCUT2D eigenvalue weighted by Gasteiger charge is 2.25. The van der Waals surface area contributed by atoms with Crippen molar-refractivity contribution in [1.29, 1.82) is 0 Å². The van der Waals surface area contributed by atoms with Crippen LogP contribution in [-0.4, -0.2) is 34.4 Å². The van der Waals surface area contributed by atoms with Crippen molar-refractivity contribution >= 4 is 5.91 Å². The average molecular weight is 351 g/mol. The molecule has 1 atom stereocenters. The molecule has 1 unspecified atom stereocenters. The van der Waals surface area contributed by atoms with Crippen LogP contribution in [-0.2, 0) is 17.8 Å². The lowest BCUT2D eigenvalue weighted by molar-refractivity contribution is -0.126. The average Bonchev–Trinajstić information content (AvgIpc) is 3.19. The minimum absolute atomic E-state index is 0.140. The van der Waals surface area contributed by atoms with Crippen molar-refractivity contribution in [3.8, 4) is 0 Å². The van der Waals surface area contributed by atoms with Gasteiger partial charge in [0.05, 0.1) is 11.7 Å². The summed E-state index contributed by atoms with van der Waals surface area (Å²) in [6, 6.07) is 16.6. The number of carbonyl (C=O) groups is 1. The fourth-order valence-electron chi connectivity index (χ4n) is 3.58. The first-order valence-corrected chi connectivity index (χ1v) is 9.70. The molecule has 0 aliphatic heterocycles. The Morgan fingerprint density at radius 2 is 1.88 bits per heavy atom. The summed E-state index contributed by atoms with van der Waals surface area (Å²) in [7, 11) is 0. The molecule has 1 amide bonds. The molecule has 3 rings (SSSR count). The van der Waals surface area contributed by atoms with Crippen LogP contribution in [0.2, 0.25) is 0 Å². The normalized spacial score (nSPS) is 15.9. The quantitative estimate of drug-likeness (QED) is 0.791. The molecule has 1 saturated carbocycles. The zero-order valence-corrected chi connectivity index (χ0v) is 15.6. The lowest BCUT2D eigenvalue weighted by Crippen LogP contribution is -2.48. The van der Waals surface area contributed by atoms with Gasteiger partial charge in [-0.15, -0.1) is 0 Å². The Hall–Kier alpha value is -2.20. The predicted octanol–water partition coefficient (Wildman–Crippen LogP) is 3.57. The van der Waals surface area contributed by atoms with Crippen molar-refractivity contribution in [2.75, 3.05) is 6.54 Å². The molecule has 0 radical (unpaired) electrons. The number of hydrogen-bond donors (Lipinski definition) is 1. The van der Waals surface area contributed by atoms with Crippen LogP contribution in [0, 0.1) is 0 Å². The van der Waals surface area contributed by atoms with E-state index in [1.165, 1.54) is 18.4 Å². The number of amides is 1. The van der Waals surface area contributed by atoms with E-state index in [4.69, 9.17) is 0 Å². The summed E-state index contributed by atoms with van der Waals surface area (Å²) in [6.07, 6.45) is 7.42. The largest absolute Gasteiger partial charge is 0.352 e. The SMILES string of the molecule is CC(C(=O)NC1CCCC1)N(CCc1ccccc1)Cc1ccccn1. The van der Waals surface area contributed by atoms with Gasteiger partial charge in [-0.2, -0.15) is 0 Å². The molecule has 138 valence electrons. The second kappa shape index (κ2) is 9.48. The molecule has 1 fully saturated rings. The Morgan fingerprint density at radius 1 is 1.15 bits per heavy atom. The summed E-state index contributed by atoms with van der Waals surface area (Å²) in [5, 5.41) is 3.24. The van der Waals surface area contributed by atoms with Crippen molar-refractivity contribution in [3.05, 3.63) is 66.0 Å². The highest BCUT2D eigenvalue weighted by molar-refractivity contribution is 5.81. The Morgan fingerprint density at radius 3 is 2.58 bits per heavy atom. The molecule has 1 aromatic carbocycles. The van der Waals surface area contributed by atoms with E-state index in [-0.39, 0.29) is 11.9 Å². The van der Waals surface area contributed by atoms with Gasteiger partial charge in [-0.25, -0.2) is 0 Å². The zero-order chi connectivity index (χ0) is 18.2. The van der Waals surface area contributed by atoms with Gasteiger partial charge >= 0.3 is 0 Å². The van der Waals surface area contributed by atoms with Gasteiger partial charge in [0.15, 0.2) is 0 Å². The summed E-state index contributed by atoms with van der Waals surface area (Å²) in [5.41, 5.74) is 2.29. The van der Waals surface area contributed by atoms with Gasteiger partial charge in [-0.1, -0.05) is 49.2 Å². The Kier molecular flexibility index (Phi) is 6.78. The molecule has 1 heterocycles. The first-order valence-electron chi connectivity index (χ1n) is 9.70. The molecule has 4 nitrogen and oxygen atoms in total. The molecule has 1 aromatic heterocycles. The minimum atomic E-state index is -0.165. The molecule has 2 aromatic rings. The zero-order valence-electron chi connectivity index (χ0n) is 15.6. The smallest absolute Gasteiger partial charge is 0.237 e. The second-order valence-corrected chi connectivity index (χ2v) is 7.19. The lowest BCUT2D eigenvalue weighted by atomic mass is 10.1. The summed E-state index contributed by atoms with van der Waals surface area (Å²) in [4.78, 5) is 19.4. The third-order valence-electron chi connectivity index (χ3n) is 5.25. The van der Waals surface area contributed by atoms with E-state index >= 15 is 0 Å². The van der Waals surface area contributed by atoms with Crippen LogP contribution < -0.4 is 5.32 Å². The van der Waals surface area contributed by atoms with Crippen LogP contribution in [0.1, 0.15) is 43.9 Å². The third-order valence-corrected chi connectivity index (χ3v) is 5.25. The number of pyridine rings is 1. The first-order chi connectivity index (χ1) is 12.7. The lowest BCUT2D eigenvalue weighted by Gasteiger charge is -2.29. The number of benzene rings is 1. The topological polar surface area (TPSA) is 45.2 Å². The molecular weight excluding hydrogens is 322 g/mol. The maximum Gasteiger partial charge on any atom is 0.237 e. The van der Waals surface area contributed by atoms with Gasteiger partial charge < -0.3 is 5.32 Å². The van der Waals surface area contributed by atoms with Gasteiger partial charge in [0.2, 0.25) is 5.91 Å². The van der Waals surface area contributed by atoms with E-state index in [1.807, 2.05) is 37.4 Å². The summed E-state index contributed by atoms with van der Waals surface area (Å²) in [6.45, 7) is 3.53. The van der Waals surface area contributed by atoms with E-state index in [0.29, 0.717) is 12.6 Å². The van der Waals surface area contributed by atoms with Crippen molar-refractivity contribution in [2.24, 2.45) is 0 Å². The third kappa shape index (κ3) is 5.40. The Labute approximate surface area is 156 Å². The van der Waals surface area contributed by atoms with E-state index in [9.17, 15) is 4.79 Å². The van der Waals surface area contributed by atoms with Crippen molar-refractivity contribution in [2.45, 2.75) is 57.7 Å². The molecule has 26 heavy (non-hydrogen) atoms. The van der Waals surface area contributed by atoms with E-state index < -0.39 is 0 Å². The highest BCUT2D eigenvalue weighted by Crippen LogP contribution is 2.18. The van der Waals surface area contributed by atoms with Crippen LogP contribution in [0.15, 0.2) is 54.7 Å². The van der Waals surface area contributed by atoms with E-state index in [1.54, 1.807) is 0 Å². The molecule has 1 aliphatic rings. The van der Waals surface area contributed by atoms with E-state index in [0.717, 1.165) is 31.5 Å². The van der Waals surface area contributed by atoms with Crippen molar-refractivity contribution in [1.82, 2.24) is 15.2 Å². The highest BCUT2D eigenvalue weighted by atomic mass is 16.2. The van der Waals surface area contributed by atoms with Gasteiger partial charge in [-0.3, -0.25) is 14.7 Å². The van der Waals surface area contributed by atoms with Crippen LogP contribution in [0.3, 0.4) is 0 Å². The number of carbonyl (C=O) groups excluding carboxylic acids is 1. The summed E-state index contributed by atoms with van der Waals surface area (Å²) in [5.74, 6) is 0.140. The van der Waals surface area contributed by atoms with Crippen LogP contribution in [0.4, 0.5) is 0 Å². The maximum atomic E-state index is 12.8. The van der Waals surface area contributed by atoms with Gasteiger partial charge in [0, 0.05) is 25.3 Å². The van der Waals surface area contributed by atoms with E-state index in [2.05, 4.69) is 39.5 Å². The standard InChI is InChI=1S/C22H29N3O/c1-18(22(26)24-20-11-5-6-12-20)25(17-21-13-7-8-15-23-21)16-14-19-9-3-2-4-10-19/h2-4,7-10,13,15,18,20H,5-6,11-12,14,16-17H2,1H3,(H,24,26). The number of hydrogen-bond acceptors (Lipinski definition) is 3. The summed E-state index contributed by atoms with van der Waals surface area (Å²) < 4.78 is 0. The number of nitrogens with one attached hydrogen (secondary N) is 1. The molecule has 4 heteroatoms. The van der Waals surface area contributed by atoms with Crippen LogP contribution >= 0.6 is 0 Å². The van der Waals surface area contributed by atoms with Gasteiger partial charge in [-0.05, 0) is 43.9 Å². The van der Waals surface area contributed by atoms with Gasteiger partial charge in [0.1, 0.15) is 0 Å². The number of aromatic nitrogens is 1. The second-order valence-electron chi connectivity index (χ2n) is 7.19. The minimum Gasteiger partial charge on any atom is -0.352 e. The van der Waals surface area contributed by atoms with Crippen molar-refractivity contribution < 1.29 is 4.79 Å². The Balaban J connectivity index is 1.65. The molecule has 1 N–H and O–H groups in total. The molecule has 0 saturated heterocycles.